The Kier molecular flexibility index (Phi) is 4.99. The normalized spacial score (nSPS) is 15.0. The maximum atomic E-state index is 12.5. The van der Waals surface area contributed by atoms with Crippen molar-refractivity contribution in [1.29, 1.82) is 0 Å². The van der Waals surface area contributed by atoms with Gasteiger partial charge in [0.05, 0.1) is 6.54 Å². The van der Waals surface area contributed by atoms with E-state index in [9.17, 15) is 4.79 Å². The van der Waals surface area contributed by atoms with Crippen LogP contribution in [0.3, 0.4) is 0 Å². The Bertz CT molecular complexity index is 760. The third-order valence-corrected chi connectivity index (χ3v) is 4.15. The van der Waals surface area contributed by atoms with Gasteiger partial charge in [0.2, 0.25) is 0 Å². The Labute approximate surface area is 141 Å². The molecule has 0 saturated carbocycles. The SMILES string of the molecule is NCC#Cc1ccc(-c2ccc(C(=O)N3CCC(N)CC3)o2)cc1. The number of hydrogen-bond donors (Lipinski definition) is 2. The van der Waals surface area contributed by atoms with Crippen LogP contribution in [0, 0.1) is 11.8 Å². The van der Waals surface area contributed by atoms with E-state index in [-0.39, 0.29) is 11.9 Å². The molecule has 5 heteroatoms. The Balaban J connectivity index is 1.72. The van der Waals surface area contributed by atoms with Gasteiger partial charge in [-0.1, -0.05) is 24.0 Å². The Morgan fingerprint density at radius 3 is 2.54 bits per heavy atom. The predicted octanol–water partition coefficient (Wildman–Crippen LogP) is 1.82. The standard InChI is InChI=1S/C19H21N3O2/c20-11-1-2-14-3-5-15(6-4-14)17-7-8-18(24-17)19(23)22-12-9-16(21)10-13-22/h3-8,16H,9-13,20-21H2. The van der Waals surface area contributed by atoms with Crippen LogP contribution in [0.2, 0.25) is 0 Å². The molecule has 1 saturated heterocycles. The van der Waals surface area contributed by atoms with Crippen LogP contribution in [0.4, 0.5) is 0 Å². The number of hydrogen-bond acceptors (Lipinski definition) is 4. The second-order valence-electron chi connectivity index (χ2n) is 5.88. The van der Waals surface area contributed by atoms with Gasteiger partial charge in [-0.05, 0) is 37.1 Å². The maximum Gasteiger partial charge on any atom is 0.289 e. The van der Waals surface area contributed by atoms with Crippen LogP contribution >= 0.6 is 0 Å². The lowest BCUT2D eigenvalue weighted by molar-refractivity contribution is 0.0683. The van der Waals surface area contributed by atoms with Gasteiger partial charge >= 0.3 is 0 Å². The topological polar surface area (TPSA) is 85.5 Å². The van der Waals surface area contributed by atoms with E-state index in [0.29, 0.717) is 31.2 Å². The summed E-state index contributed by atoms with van der Waals surface area (Å²) in [6.07, 6.45) is 1.68. The first kappa shape index (κ1) is 16.3. The summed E-state index contributed by atoms with van der Waals surface area (Å²) in [7, 11) is 0. The first-order chi connectivity index (χ1) is 11.7. The van der Waals surface area contributed by atoms with Crippen LogP contribution in [-0.4, -0.2) is 36.5 Å². The highest BCUT2D eigenvalue weighted by Crippen LogP contribution is 2.24. The van der Waals surface area contributed by atoms with Gasteiger partial charge < -0.3 is 20.8 Å². The number of amides is 1. The molecule has 5 nitrogen and oxygen atoms in total. The third-order valence-electron chi connectivity index (χ3n) is 4.15. The Morgan fingerprint density at radius 2 is 1.88 bits per heavy atom. The van der Waals surface area contributed by atoms with E-state index in [0.717, 1.165) is 24.0 Å². The van der Waals surface area contributed by atoms with E-state index in [1.807, 2.05) is 30.3 Å². The zero-order valence-electron chi connectivity index (χ0n) is 13.5. The van der Waals surface area contributed by atoms with Crippen LogP contribution in [-0.2, 0) is 0 Å². The average Bonchev–Trinajstić information content (AvgIpc) is 3.10. The highest BCUT2D eigenvalue weighted by Gasteiger charge is 2.23. The molecule has 1 fully saturated rings. The highest BCUT2D eigenvalue weighted by atomic mass is 16.4. The maximum absolute atomic E-state index is 12.5. The van der Waals surface area contributed by atoms with Crippen molar-refractivity contribution >= 4 is 5.91 Å². The summed E-state index contributed by atoms with van der Waals surface area (Å²) in [5.74, 6) is 6.76. The molecule has 0 unspecified atom stereocenters. The van der Waals surface area contributed by atoms with Crippen LogP contribution < -0.4 is 11.5 Å². The summed E-state index contributed by atoms with van der Waals surface area (Å²) < 4.78 is 5.75. The number of nitrogens with two attached hydrogens (primary N) is 2. The van der Waals surface area contributed by atoms with Crippen molar-refractivity contribution in [3.8, 4) is 23.2 Å². The average molecular weight is 323 g/mol. The molecule has 0 bridgehead atoms. The molecule has 1 aromatic carbocycles. The third kappa shape index (κ3) is 3.67. The van der Waals surface area contributed by atoms with Crippen molar-refractivity contribution in [2.45, 2.75) is 18.9 Å². The van der Waals surface area contributed by atoms with Crippen molar-refractivity contribution in [3.63, 3.8) is 0 Å². The number of nitrogens with zero attached hydrogens (tertiary/aromatic N) is 1. The number of rotatable bonds is 2. The molecular weight excluding hydrogens is 302 g/mol. The van der Waals surface area contributed by atoms with Gasteiger partial charge in [0, 0.05) is 30.3 Å². The summed E-state index contributed by atoms with van der Waals surface area (Å²) in [4.78, 5) is 14.3. The minimum absolute atomic E-state index is 0.0708. The van der Waals surface area contributed by atoms with E-state index >= 15 is 0 Å². The van der Waals surface area contributed by atoms with Gasteiger partial charge in [0.1, 0.15) is 5.76 Å². The van der Waals surface area contributed by atoms with Gasteiger partial charge in [-0.2, -0.15) is 0 Å². The van der Waals surface area contributed by atoms with Gasteiger partial charge in [0.15, 0.2) is 5.76 Å². The molecular formula is C19H21N3O2. The zero-order chi connectivity index (χ0) is 16.9. The van der Waals surface area contributed by atoms with Crippen molar-refractivity contribution in [2.24, 2.45) is 11.5 Å². The van der Waals surface area contributed by atoms with E-state index in [1.165, 1.54) is 0 Å². The Hall–Kier alpha value is -2.55. The molecule has 2 heterocycles. The van der Waals surface area contributed by atoms with Crippen molar-refractivity contribution in [2.75, 3.05) is 19.6 Å². The second kappa shape index (κ2) is 7.35. The largest absolute Gasteiger partial charge is 0.451 e. The molecule has 4 N–H and O–H groups in total. The number of piperidine rings is 1. The molecule has 0 aliphatic carbocycles. The molecule has 1 aliphatic heterocycles. The molecule has 124 valence electrons. The van der Waals surface area contributed by atoms with Crippen molar-refractivity contribution in [3.05, 3.63) is 47.7 Å². The lowest BCUT2D eigenvalue weighted by Gasteiger charge is -2.29. The smallest absolute Gasteiger partial charge is 0.289 e. The summed E-state index contributed by atoms with van der Waals surface area (Å²) in [6, 6.07) is 11.4. The Morgan fingerprint density at radius 1 is 1.17 bits per heavy atom. The van der Waals surface area contributed by atoms with E-state index in [2.05, 4.69) is 11.8 Å². The highest BCUT2D eigenvalue weighted by molar-refractivity contribution is 5.92. The number of carbonyl (C=O) groups is 1. The quantitative estimate of drug-likeness (QED) is 0.826. The van der Waals surface area contributed by atoms with Gasteiger partial charge in [-0.25, -0.2) is 0 Å². The zero-order valence-corrected chi connectivity index (χ0v) is 13.5. The number of carbonyl (C=O) groups excluding carboxylic acids is 1. The minimum atomic E-state index is -0.0708. The molecule has 0 spiro atoms. The number of furan rings is 1. The monoisotopic (exact) mass is 323 g/mol. The predicted molar refractivity (Wildman–Crippen MR) is 93.2 cm³/mol. The van der Waals surface area contributed by atoms with E-state index in [1.54, 1.807) is 11.0 Å². The van der Waals surface area contributed by atoms with Crippen LogP contribution in [0.1, 0.15) is 29.0 Å². The summed E-state index contributed by atoms with van der Waals surface area (Å²) >= 11 is 0. The first-order valence-electron chi connectivity index (χ1n) is 8.11. The molecule has 0 atom stereocenters. The molecule has 0 radical (unpaired) electrons. The fraction of sp³-hybridized carbons (Fsp3) is 0.316. The number of likely N-dealkylation sites (tertiary alicyclic amines) is 1. The second-order valence-corrected chi connectivity index (χ2v) is 5.88. The lowest BCUT2D eigenvalue weighted by atomic mass is 10.1. The first-order valence-corrected chi connectivity index (χ1v) is 8.11. The summed E-state index contributed by atoms with van der Waals surface area (Å²) in [5, 5.41) is 0. The summed E-state index contributed by atoms with van der Waals surface area (Å²) in [6.45, 7) is 1.71. The molecule has 1 aromatic heterocycles. The van der Waals surface area contributed by atoms with Crippen LogP contribution in [0.15, 0.2) is 40.8 Å². The molecule has 24 heavy (non-hydrogen) atoms. The van der Waals surface area contributed by atoms with Gasteiger partial charge in [-0.3, -0.25) is 4.79 Å². The number of benzene rings is 1. The van der Waals surface area contributed by atoms with E-state index in [4.69, 9.17) is 15.9 Å². The molecule has 1 aliphatic rings. The molecule has 3 rings (SSSR count). The van der Waals surface area contributed by atoms with Crippen LogP contribution in [0.25, 0.3) is 11.3 Å². The fourth-order valence-electron chi connectivity index (χ4n) is 2.74. The van der Waals surface area contributed by atoms with Crippen molar-refractivity contribution < 1.29 is 9.21 Å². The van der Waals surface area contributed by atoms with Crippen molar-refractivity contribution in [1.82, 2.24) is 4.90 Å². The molecule has 1 amide bonds. The van der Waals surface area contributed by atoms with Gasteiger partial charge in [-0.15, -0.1) is 0 Å². The van der Waals surface area contributed by atoms with Crippen LogP contribution in [0.5, 0.6) is 0 Å². The van der Waals surface area contributed by atoms with Gasteiger partial charge in [0.25, 0.3) is 5.91 Å². The van der Waals surface area contributed by atoms with E-state index < -0.39 is 0 Å². The molecule has 2 aromatic rings. The minimum Gasteiger partial charge on any atom is -0.451 e. The fourth-order valence-corrected chi connectivity index (χ4v) is 2.74. The summed E-state index contributed by atoms with van der Waals surface area (Å²) in [5.41, 5.74) is 13.1. The lowest BCUT2D eigenvalue weighted by Crippen LogP contribution is -2.42.